The van der Waals surface area contributed by atoms with E-state index in [0.29, 0.717) is 5.69 Å². The van der Waals surface area contributed by atoms with Gasteiger partial charge in [-0.2, -0.15) is 0 Å². The Kier molecular flexibility index (Phi) is 2.34. The van der Waals surface area contributed by atoms with Crippen LogP contribution in [0.4, 0.5) is 0 Å². The van der Waals surface area contributed by atoms with Gasteiger partial charge in [-0.3, -0.25) is 4.98 Å². The molecular formula is C13H11N3O. The van der Waals surface area contributed by atoms with E-state index >= 15 is 0 Å². The number of rotatable bonds is 2. The monoisotopic (exact) mass is 225 g/mol. The molecule has 0 radical (unpaired) electrons. The van der Waals surface area contributed by atoms with Gasteiger partial charge in [0, 0.05) is 24.0 Å². The zero-order valence-electron chi connectivity index (χ0n) is 9.11. The van der Waals surface area contributed by atoms with Crippen LogP contribution in [-0.2, 0) is 6.61 Å². The lowest BCUT2D eigenvalue weighted by Gasteiger charge is -2.06. The van der Waals surface area contributed by atoms with Gasteiger partial charge in [0.25, 0.3) is 0 Å². The van der Waals surface area contributed by atoms with Crippen LogP contribution in [0.3, 0.4) is 0 Å². The van der Waals surface area contributed by atoms with Crippen molar-refractivity contribution in [3.05, 3.63) is 54.9 Å². The van der Waals surface area contributed by atoms with Gasteiger partial charge >= 0.3 is 0 Å². The Labute approximate surface area is 98.2 Å². The number of hydrogen-bond donors (Lipinski definition) is 1. The highest BCUT2D eigenvalue weighted by molar-refractivity contribution is 5.89. The van der Waals surface area contributed by atoms with Crippen molar-refractivity contribution in [2.45, 2.75) is 6.61 Å². The summed E-state index contributed by atoms with van der Waals surface area (Å²) < 4.78 is 1.90. The fourth-order valence-corrected chi connectivity index (χ4v) is 1.90. The van der Waals surface area contributed by atoms with E-state index < -0.39 is 0 Å². The van der Waals surface area contributed by atoms with Crippen molar-refractivity contribution in [2.75, 3.05) is 0 Å². The minimum absolute atomic E-state index is 0.0456. The summed E-state index contributed by atoms with van der Waals surface area (Å²) in [6, 6.07) is 8.02. The number of fused-ring (bicyclic) bond motifs is 1. The molecule has 17 heavy (non-hydrogen) atoms. The SMILES string of the molecule is OCc1cn(-c2cccc3ccncc23)cn1. The molecule has 0 aliphatic heterocycles. The van der Waals surface area contributed by atoms with Crippen LogP contribution >= 0.6 is 0 Å². The van der Waals surface area contributed by atoms with E-state index in [1.54, 1.807) is 12.5 Å². The van der Waals surface area contributed by atoms with Gasteiger partial charge in [0.05, 0.1) is 24.3 Å². The first kappa shape index (κ1) is 9.99. The molecule has 3 aromatic rings. The quantitative estimate of drug-likeness (QED) is 0.724. The zero-order chi connectivity index (χ0) is 11.7. The molecule has 3 rings (SSSR count). The van der Waals surface area contributed by atoms with Crippen LogP contribution in [0.5, 0.6) is 0 Å². The summed E-state index contributed by atoms with van der Waals surface area (Å²) in [6.07, 6.45) is 7.14. The topological polar surface area (TPSA) is 50.9 Å². The van der Waals surface area contributed by atoms with Gasteiger partial charge < -0.3 is 9.67 Å². The van der Waals surface area contributed by atoms with Crippen LogP contribution in [0, 0.1) is 0 Å². The Bertz CT molecular complexity index is 655. The first-order chi connectivity index (χ1) is 8.38. The fourth-order valence-electron chi connectivity index (χ4n) is 1.90. The third kappa shape index (κ3) is 1.68. The maximum absolute atomic E-state index is 9.02. The summed E-state index contributed by atoms with van der Waals surface area (Å²) in [5, 5.41) is 11.2. The summed E-state index contributed by atoms with van der Waals surface area (Å²) in [4.78, 5) is 8.25. The van der Waals surface area contributed by atoms with E-state index in [1.807, 2.05) is 41.2 Å². The zero-order valence-corrected chi connectivity index (χ0v) is 9.11. The molecule has 0 bridgehead atoms. The Hall–Kier alpha value is -2.20. The highest BCUT2D eigenvalue weighted by atomic mass is 16.3. The number of benzene rings is 1. The van der Waals surface area contributed by atoms with Crippen LogP contribution in [0.25, 0.3) is 16.5 Å². The Balaban J connectivity index is 2.23. The molecule has 0 saturated carbocycles. The number of hydrogen-bond acceptors (Lipinski definition) is 3. The van der Waals surface area contributed by atoms with Crippen LogP contribution < -0.4 is 0 Å². The first-order valence-corrected chi connectivity index (χ1v) is 5.35. The lowest BCUT2D eigenvalue weighted by atomic mass is 10.1. The molecule has 1 aromatic carbocycles. The average molecular weight is 225 g/mol. The van der Waals surface area contributed by atoms with E-state index in [2.05, 4.69) is 9.97 Å². The normalized spacial score (nSPS) is 10.9. The highest BCUT2D eigenvalue weighted by Gasteiger charge is 2.04. The number of nitrogens with zero attached hydrogens (tertiary/aromatic N) is 3. The predicted molar refractivity (Wildman–Crippen MR) is 64.8 cm³/mol. The summed E-state index contributed by atoms with van der Waals surface area (Å²) in [7, 11) is 0. The highest BCUT2D eigenvalue weighted by Crippen LogP contribution is 2.21. The second-order valence-corrected chi connectivity index (χ2v) is 3.80. The lowest BCUT2D eigenvalue weighted by Crippen LogP contribution is -1.92. The summed E-state index contributed by atoms with van der Waals surface area (Å²) >= 11 is 0. The average Bonchev–Trinajstić information content (AvgIpc) is 2.87. The van der Waals surface area contributed by atoms with Gasteiger partial charge in [-0.25, -0.2) is 4.98 Å². The number of aromatic nitrogens is 3. The summed E-state index contributed by atoms with van der Waals surface area (Å²) in [5.41, 5.74) is 1.67. The molecule has 0 aliphatic carbocycles. The molecule has 4 nitrogen and oxygen atoms in total. The molecule has 84 valence electrons. The number of pyridine rings is 1. The van der Waals surface area contributed by atoms with Gasteiger partial charge in [-0.1, -0.05) is 12.1 Å². The molecule has 0 fully saturated rings. The van der Waals surface area contributed by atoms with Crippen molar-refractivity contribution >= 4 is 10.8 Å². The van der Waals surface area contributed by atoms with Crippen molar-refractivity contribution in [1.82, 2.24) is 14.5 Å². The summed E-state index contributed by atoms with van der Waals surface area (Å²) in [5.74, 6) is 0. The molecular weight excluding hydrogens is 214 g/mol. The van der Waals surface area contributed by atoms with Gasteiger partial charge in [0.15, 0.2) is 0 Å². The molecule has 0 aliphatic rings. The molecule has 0 saturated heterocycles. The van der Waals surface area contributed by atoms with E-state index in [0.717, 1.165) is 16.5 Å². The minimum Gasteiger partial charge on any atom is -0.390 e. The third-order valence-corrected chi connectivity index (χ3v) is 2.74. The standard InChI is InChI=1S/C13H11N3O/c17-8-11-7-16(9-15-11)13-3-1-2-10-4-5-14-6-12(10)13/h1-7,9,17H,8H2. The van der Waals surface area contributed by atoms with Gasteiger partial charge in [0.1, 0.15) is 0 Å². The largest absolute Gasteiger partial charge is 0.390 e. The van der Waals surface area contributed by atoms with Crippen molar-refractivity contribution in [3.63, 3.8) is 0 Å². The predicted octanol–water partition coefficient (Wildman–Crippen LogP) is 1.91. The van der Waals surface area contributed by atoms with Crippen molar-refractivity contribution in [2.24, 2.45) is 0 Å². The smallest absolute Gasteiger partial charge is 0.0996 e. The second-order valence-electron chi connectivity index (χ2n) is 3.80. The van der Waals surface area contributed by atoms with Crippen molar-refractivity contribution in [3.8, 4) is 5.69 Å². The molecule has 0 atom stereocenters. The van der Waals surface area contributed by atoms with Crippen LogP contribution in [-0.4, -0.2) is 19.6 Å². The van der Waals surface area contributed by atoms with E-state index in [1.165, 1.54) is 0 Å². The molecule has 2 aromatic heterocycles. The van der Waals surface area contributed by atoms with Crippen molar-refractivity contribution in [1.29, 1.82) is 0 Å². The molecule has 1 N–H and O–H groups in total. The van der Waals surface area contributed by atoms with E-state index in [9.17, 15) is 0 Å². The molecule has 2 heterocycles. The molecule has 0 amide bonds. The number of imidazole rings is 1. The van der Waals surface area contributed by atoms with Crippen LogP contribution in [0.1, 0.15) is 5.69 Å². The molecule has 0 unspecified atom stereocenters. The van der Waals surface area contributed by atoms with Crippen molar-refractivity contribution < 1.29 is 5.11 Å². The first-order valence-electron chi connectivity index (χ1n) is 5.35. The second kappa shape index (κ2) is 3.99. The number of aliphatic hydroxyl groups is 1. The van der Waals surface area contributed by atoms with Gasteiger partial charge in [-0.15, -0.1) is 0 Å². The Morgan fingerprint density at radius 3 is 3.00 bits per heavy atom. The number of aliphatic hydroxyl groups excluding tert-OH is 1. The summed E-state index contributed by atoms with van der Waals surface area (Å²) in [6.45, 7) is -0.0456. The third-order valence-electron chi connectivity index (χ3n) is 2.74. The van der Waals surface area contributed by atoms with Gasteiger partial charge in [0.2, 0.25) is 0 Å². The van der Waals surface area contributed by atoms with Crippen LogP contribution in [0.15, 0.2) is 49.2 Å². The van der Waals surface area contributed by atoms with Crippen LogP contribution in [0.2, 0.25) is 0 Å². The fraction of sp³-hybridized carbons (Fsp3) is 0.0769. The van der Waals surface area contributed by atoms with E-state index in [4.69, 9.17) is 5.11 Å². The Morgan fingerprint density at radius 1 is 1.24 bits per heavy atom. The van der Waals surface area contributed by atoms with Gasteiger partial charge in [-0.05, 0) is 17.5 Å². The lowest BCUT2D eigenvalue weighted by molar-refractivity contribution is 0.277. The minimum atomic E-state index is -0.0456. The Morgan fingerprint density at radius 2 is 2.18 bits per heavy atom. The molecule has 0 spiro atoms. The van der Waals surface area contributed by atoms with E-state index in [-0.39, 0.29) is 6.61 Å². The maximum Gasteiger partial charge on any atom is 0.0996 e. The maximum atomic E-state index is 9.02. The molecule has 4 heteroatoms.